The Kier molecular flexibility index (Phi) is 9.20. The Labute approximate surface area is 166 Å². The molecule has 0 saturated carbocycles. The highest BCUT2D eigenvalue weighted by Crippen LogP contribution is 2.16. The van der Waals surface area contributed by atoms with Gasteiger partial charge in [-0.2, -0.15) is 0 Å². The third-order valence-corrected chi connectivity index (χ3v) is 4.36. The van der Waals surface area contributed by atoms with Gasteiger partial charge in [0.05, 0.1) is 25.1 Å². The number of carbonyl (C=O) groups is 2. The first-order valence-corrected chi connectivity index (χ1v) is 9.68. The van der Waals surface area contributed by atoms with Gasteiger partial charge in [0.2, 0.25) is 5.91 Å². The molecule has 8 heteroatoms. The van der Waals surface area contributed by atoms with E-state index >= 15 is 0 Å². The molecule has 0 aromatic heterocycles. The van der Waals surface area contributed by atoms with E-state index in [1.54, 1.807) is 6.08 Å². The minimum Gasteiger partial charge on any atom is -0.494 e. The zero-order chi connectivity index (χ0) is 20.4. The van der Waals surface area contributed by atoms with Crippen molar-refractivity contribution in [3.05, 3.63) is 42.0 Å². The van der Waals surface area contributed by atoms with E-state index in [1.165, 1.54) is 6.92 Å². The molecule has 1 aliphatic rings. The summed E-state index contributed by atoms with van der Waals surface area (Å²) in [5.41, 5.74) is 6.29. The van der Waals surface area contributed by atoms with E-state index in [1.807, 2.05) is 30.3 Å². The number of ether oxygens (including phenoxy) is 1. The number of nitrogens with two attached hydrogens (primary N) is 1. The molecule has 1 amide bonds. The van der Waals surface area contributed by atoms with Gasteiger partial charge >= 0.3 is 7.12 Å². The molecule has 0 bridgehead atoms. The first-order chi connectivity index (χ1) is 13.5. The SMILES string of the molecule is CC(=O)C[C@H]1C=CC[C@H](NC(=O)Cc2cccc(OCCCCN)c2)B(O)O1. The van der Waals surface area contributed by atoms with Crippen molar-refractivity contribution in [2.24, 2.45) is 5.73 Å². The van der Waals surface area contributed by atoms with E-state index in [0.29, 0.717) is 19.6 Å². The predicted octanol–water partition coefficient (Wildman–Crippen LogP) is 1.18. The molecule has 1 aromatic carbocycles. The van der Waals surface area contributed by atoms with Gasteiger partial charge in [-0.3, -0.25) is 9.59 Å². The van der Waals surface area contributed by atoms with Crippen molar-refractivity contribution in [2.75, 3.05) is 13.2 Å². The summed E-state index contributed by atoms with van der Waals surface area (Å²) >= 11 is 0. The summed E-state index contributed by atoms with van der Waals surface area (Å²) < 4.78 is 11.1. The molecular formula is C20H29BN2O5. The number of nitrogens with one attached hydrogen (secondary N) is 1. The fourth-order valence-electron chi connectivity index (χ4n) is 2.97. The second-order valence-corrected chi connectivity index (χ2v) is 6.98. The van der Waals surface area contributed by atoms with E-state index in [0.717, 1.165) is 24.2 Å². The number of carbonyl (C=O) groups excluding carboxylic acids is 2. The Morgan fingerprint density at radius 3 is 2.96 bits per heavy atom. The van der Waals surface area contributed by atoms with Crippen molar-refractivity contribution in [1.29, 1.82) is 0 Å². The number of Topliss-reactive ketones (excluding diaryl/α,β-unsaturated/α-hetero) is 1. The maximum absolute atomic E-state index is 12.4. The molecular weight excluding hydrogens is 359 g/mol. The van der Waals surface area contributed by atoms with Gasteiger partial charge in [-0.1, -0.05) is 24.3 Å². The summed E-state index contributed by atoms with van der Waals surface area (Å²) in [6.45, 7) is 2.71. The van der Waals surface area contributed by atoms with Crippen molar-refractivity contribution < 1.29 is 24.0 Å². The number of ketones is 1. The van der Waals surface area contributed by atoms with Gasteiger partial charge in [-0.05, 0) is 50.4 Å². The lowest BCUT2D eigenvalue weighted by Crippen LogP contribution is -2.48. The second kappa shape index (κ2) is 11.6. The molecule has 1 aliphatic heterocycles. The number of hydrogen-bond acceptors (Lipinski definition) is 6. The van der Waals surface area contributed by atoms with Crippen LogP contribution in [0, 0.1) is 0 Å². The van der Waals surface area contributed by atoms with Gasteiger partial charge in [0.15, 0.2) is 0 Å². The summed E-state index contributed by atoms with van der Waals surface area (Å²) in [6.07, 6.45) is 5.71. The van der Waals surface area contributed by atoms with Crippen molar-refractivity contribution in [2.45, 2.75) is 51.1 Å². The molecule has 7 nitrogen and oxygen atoms in total. The Hall–Kier alpha value is -2.16. The van der Waals surface area contributed by atoms with Crippen LogP contribution in [0.5, 0.6) is 5.75 Å². The number of hydrogen-bond donors (Lipinski definition) is 3. The van der Waals surface area contributed by atoms with Crippen LogP contribution < -0.4 is 15.8 Å². The van der Waals surface area contributed by atoms with Gasteiger partial charge in [-0.15, -0.1) is 0 Å². The second-order valence-electron chi connectivity index (χ2n) is 6.98. The molecule has 0 fully saturated rings. The van der Waals surface area contributed by atoms with Crippen LogP contribution in [0.3, 0.4) is 0 Å². The maximum atomic E-state index is 12.4. The first-order valence-electron chi connectivity index (χ1n) is 9.68. The molecule has 0 aliphatic carbocycles. The summed E-state index contributed by atoms with van der Waals surface area (Å²) in [5, 5.41) is 13.0. The van der Waals surface area contributed by atoms with E-state index in [2.05, 4.69) is 5.32 Å². The maximum Gasteiger partial charge on any atom is 0.478 e. The molecule has 28 heavy (non-hydrogen) atoms. The average Bonchev–Trinajstić information content (AvgIpc) is 2.80. The third kappa shape index (κ3) is 7.84. The lowest BCUT2D eigenvalue weighted by molar-refractivity contribution is -0.121. The Morgan fingerprint density at radius 1 is 1.39 bits per heavy atom. The van der Waals surface area contributed by atoms with E-state index in [9.17, 15) is 14.6 Å². The largest absolute Gasteiger partial charge is 0.494 e. The van der Waals surface area contributed by atoms with Crippen LogP contribution >= 0.6 is 0 Å². The van der Waals surface area contributed by atoms with Crippen LogP contribution in [0.1, 0.15) is 38.2 Å². The van der Waals surface area contributed by atoms with Crippen LogP contribution in [0.15, 0.2) is 36.4 Å². The summed E-state index contributed by atoms with van der Waals surface area (Å²) in [6, 6.07) is 7.40. The minimum absolute atomic E-state index is 0.0190. The van der Waals surface area contributed by atoms with Gasteiger partial charge in [0, 0.05) is 6.42 Å². The van der Waals surface area contributed by atoms with Crippen molar-refractivity contribution in [3.63, 3.8) is 0 Å². The summed E-state index contributed by atoms with van der Waals surface area (Å²) in [5.74, 6) is -0.0765. The molecule has 152 valence electrons. The molecule has 2 atom stereocenters. The quantitative estimate of drug-likeness (QED) is 0.315. The number of unbranched alkanes of at least 4 members (excludes halogenated alkanes) is 1. The zero-order valence-corrected chi connectivity index (χ0v) is 16.3. The fourth-order valence-corrected chi connectivity index (χ4v) is 2.97. The van der Waals surface area contributed by atoms with Crippen LogP contribution in [-0.4, -0.2) is 49.0 Å². The highest BCUT2D eigenvalue weighted by molar-refractivity contribution is 6.45. The molecule has 0 radical (unpaired) electrons. The standard InChI is InChI=1S/C20H29BN2O5/c1-15(24)12-18-8-5-9-19(21(26)28-18)23-20(25)14-16-6-4-7-17(13-16)27-11-3-2-10-22/h4-8,13,18-19,26H,2-3,9-12,14,22H2,1H3,(H,23,25)/t18-,19+/m1/s1. The van der Waals surface area contributed by atoms with Crippen LogP contribution in [0.2, 0.25) is 0 Å². The average molecular weight is 388 g/mol. The lowest BCUT2D eigenvalue weighted by atomic mass is 9.77. The highest BCUT2D eigenvalue weighted by atomic mass is 16.5. The Balaban J connectivity index is 1.84. The van der Waals surface area contributed by atoms with Gasteiger partial charge in [0.25, 0.3) is 0 Å². The Bertz CT molecular complexity index is 682. The zero-order valence-electron chi connectivity index (χ0n) is 16.3. The van der Waals surface area contributed by atoms with Crippen LogP contribution in [0.4, 0.5) is 0 Å². The van der Waals surface area contributed by atoms with Crippen LogP contribution in [-0.2, 0) is 20.7 Å². The smallest absolute Gasteiger partial charge is 0.478 e. The van der Waals surface area contributed by atoms with Crippen molar-refractivity contribution >= 4 is 18.8 Å². The molecule has 1 heterocycles. The molecule has 0 saturated heterocycles. The summed E-state index contributed by atoms with van der Waals surface area (Å²) in [7, 11) is -1.17. The minimum atomic E-state index is -1.17. The van der Waals surface area contributed by atoms with Gasteiger partial charge in [-0.25, -0.2) is 0 Å². The third-order valence-electron chi connectivity index (χ3n) is 4.36. The van der Waals surface area contributed by atoms with Gasteiger partial charge < -0.3 is 25.5 Å². The van der Waals surface area contributed by atoms with E-state index in [4.69, 9.17) is 15.1 Å². The van der Waals surface area contributed by atoms with E-state index < -0.39 is 19.2 Å². The molecule has 0 unspecified atom stereocenters. The number of rotatable bonds is 10. The highest BCUT2D eigenvalue weighted by Gasteiger charge is 2.32. The molecule has 2 rings (SSSR count). The molecule has 1 aromatic rings. The predicted molar refractivity (Wildman–Crippen MR) is 108 cm³/mol. The van der Waals surface area contributed by atoms with E-state index in [-0.39, 0.29) is 24.5 Å². The lowest BCUT2D eigenvalue weighted by Gasteiger charge is -2.20. The van der Waals surface area contributed by atoms with Crippen LogP contribution in [0.25, 0.3) is 0 Å². The number of amides is 1. The normalized spacial score (nSPS) is 19.2. The van der Waals surface area contributed by atoms with Gasteiger partial charge in [0.1, 0.15) is 11.5 Å². The first kappa shape index (κ1) is 22.1. The summed E-state index contributed by atoms with van der Waals surface area (Å²) in [4.78, 5) is 23.6. The number of benzene rings is 1. The Morgan fingerprint density at radius 2 is 2.21 bits per heavy atom. The topological polar surface area (TPSA) is 111 Å². The molecule has 0 spiro atoms. The monoisotopic (exact) mass is 388 g/mol. The fraction of sp³-hybridized carbons (Fsp3) is 0.500. The van der Waals surface area contributed by atoms with Crippen molar-refractivity contribution in [1.82, 2.24) is 5.32 Å². The van der Waals surface area contributed by atoms with Crippen molar-refractivity contribution in [3.8, 4) is 5.75 Å². The molecule has 4 N–H and O–H groups in total.